The number of aromatic nitrogens is 2. The Balaban J connectivity index is 2.43. The smallest absolute Gasteiger partial charge is 0.340 e. The summed E-state index contributed by atoms with van der Waals surface area (Å²) in [6, 6.07) is 5.61. The molecule has 0 fully saturated rings. The largest absolute Gasteiger partial charge is 0.464 e. The molecule has 0 spiro atoms. The van der Waals surface area contributed by atoms with Crippen LogP contribution < -0.4 is 10.1 Å². The van der Waals surface area contributed by atoms with Gasteiger partial charge in [-0.25, -0.2) is 13.8 Å². The van der Waals surface area contributed by atoms with E-state index in [1.54, 1.807) is 6.92 Å². The minimum Gasteiger partial charge on any atom is -0.464 e. The fourth-order valence-corrected chi connectivity index (χ4v) is 1.86. The van der Waals surface area contributed by atoms with E-state index < -0.39 is 0 Å². The Morgan fingerprint density at radius 3 is 3.00 bits per heavy atom. The third-order valence-corrected chi connectivity index (χ3v) is 2.65. The highest BCUT2D eigenvalue weighted by Crippen LogP contribution is 2.07. The number of aryl methyl sites for hydroxylation is 1. The molecule has 90 valence electrons. The number of carbonyl (C=O) groups is 1. The van der Waals surface area contributed by atoms with Gasteiger partial charge in [0.25, 0.3) is 0 Å². The number of fused-ring (bicyclic) bond motifs is 1. The lowest BCUT2D eigenvalue weighted by atomic mass is 10.4. The number of ether oxygens (including phenoxy) is 1. The molecule has 17 heavy (non-hydrogen) atoms. The zero-order valence-electron chi connectivity index (χ0n) is 10.0. The third kappa shape index (κ3) is 2.08. The maximum absolute atomic E-state index is 11.5. The van der Waals surface area contributed by atoms with Crippen LogP contribution in [0.1, 0.15) is 12.6 Å². The van der Waals surface area contributed by atoms with Crippen molar-refractivity contribution in [3.63, 3.8) is 0 Å². The number of carbonyl (C=O) groups excluding carboxylic acids is 1. The number of hydrogen-bond acceptors (Lipinski definition) is 3. The van der Waals surface area contributed by atoms with Crippen molar-refractivity contribution in [3.05, 3.63) is 30.1 Å². The Hall–Kier alpha value is -2.04. The molecule has 0 saturated carbocycles. The van der Waals surface area contributed by atoms with Crippen LogP contribution in [-0.2, 0) is 16.1 Å². The molecule has 0 bridgehead atoms. The predicted octanol–water partition coefficient (Wildman–Crippen LogP) is 0.681. The Labute approximate surface area is 99.4 Å². The van der Waals surface area contributed by atoms with Gasteiger partial charge in [-0.15, -0.1) is 0 Å². The van der Waals surface area contributed by atoms with E-state index in [1.165, 1.54) is 0 Å². The van der Waals surface area contributed by atoms with Gasteiger partial charge in [-0.05, 0) is 19.9 Å². The molecule has 0 aliphatic heterocycles. The molecule has 2 aromatic rings. The highest BCUT2D eigenvalue weighted by molar-refractivity contribution is 5.70. The van der Waals surface area contributed by atoms with E-state index in [-0.39, 0.29) is 12.5 Å². The lowest BCUT2D eigenvalue weighted by molar-refractivity contribution is -0.494. The van der Waals surface area contributed by atoms with E-state index in [4.69, 9.17) is 10.5 Å². The minimum atomic E-state index is -0.240. The van der Waals surface area contributed by atoms with Gasteiger partial charge in [-0.3, -0.25) is 0 Å². The highest BCUT2D eigenvalue weighted by atomic mass is 16.5. The summed E-state index contributed by atoms with van der Waals surface area (Å²) in [5.74, 6) is 0.407. The number of esters is 1. The van der Waals surface area contributed by atoms with Gasteiger partial charge in [0, 0.05) is 12.1 Å². The molecule has 0 amide bonds. The van der Waals surface area contributed by atoms with Gasteiger partial charge in [0.05, 0.1) is 6.61 Å². The van der Waals surface area contributed by atoms with Crippen LogP contribution >= 0.6 is 0 Å². The number of nitrogens with two attached hydrogens (primary N) is 1. The van der Waals surface area contributed by atoms with Crippen molar-refractivity contribution in [1.29, 1.82) is 0 Å². The Morgan fingerprint density at radius 2 is 2.29 bits per heavy atom. The number of nitrogen functional groups attached to an aromatic ring is 1. The molecule has 0 aromatic carbocycles. The minimum absolute atomic E-state index is 0.208. The van der Waals surface area contributed by atoms with Crippen molar-refractivity contribution in [2.24, 2.45) is 0 Å². The van der Waals surface area contributed by atoms with Crippen molar-refractivity contribution < 1.29 is 13.9 Å². The van der Waals surface area contributed by atoms with Crippen LogP contribution in [-0.4, -0.2) is 17.1 Å². The molecule has 2 aromatic heterocycles. The van der Waals surface area contributed by atoms with E-state index in [2.05, 4.69) is 0 Å². The molecule has 5 nitrogen and oxygen atoms in total. The second kappa shape index (κ2) is 4.45. The Bertz CT molecular complexity index is 560. The fourth-order valence-electron chi connectivity index (χ4n) is 1.86. The maximum atomic E-state index is 11.5. The lowest BCUT2D eigenvalue weighted by Gasteiger charge is -2.02. The molecule has 2 heterocycles. The van der Waals surface area contributed by atoms with Gasteiger partial charge >= 0.3 is 5.97 Å². The summed E-state index contributed by atoms with van der Waals surface area (Å²) in [6.07, 6.45) is 1.91. The van der Waals surface area contributed by atoms with Crippen LogP contribution in [0.15, 0.2) is 24.4 Å². The van der Waals surface area contributed by atoms with Gasteiger partial charge in [0.1, 0.15) is 11.9 Å². The van der Waals surface area contributed by atoms with E-state index >= 15 is 0 Å². The summed E-state index contributed by atoms with van der Waals surface area (Å²) in [7, 11) is 0. The summed E-state index contributed by atoms with van der Waals surface area (Å²) in [6.45, 7) is 4.34. The monoisotopic (exact) mass is 234 g/mol. The zero-order chi connectivity index (χ0) is 12.4. The van der Waals surface area contributed by atoms with Gasteiger partial charge in [0.2, 0.25) is 11.5 Å². The summed E-state index contributed by atoms with van der Waals surface area (Å²) < 4.78 is 8.69. The molecule has 0 saturated heterocycles. The van der Waals surface area contributed by atoms with E-state index in [9.17, 15) is 4.79 Å². The average Bonchev–Trinajstić information content (AvgIpc) is 2.58. The number of nitrogens with zero attached hydrogens (tertiary/aromatic N) is 2. The van der Waals surface area contributed by atoms with Gasteiger partial charge in [0.15, 0.2) is 6.54 Å². The molecular weight excluding hydrogens is 218 g/mol. The van der Waals surface area contributed by atoms with Crippen LogP contribution in [0.5, 0.6) is 0 Å². The first-order valence-corrected chi connectivity index (χ1v) is 5.55. The Kier molecular flexibility index (Phi) is 2.99. The van der Waals surface area contributed by atoms with Crippen LogP contribution in [0, 0.1) is 6.92 Å². The number of hydrogen-bond donors (Lipinski definition) is 1. The van der Waals surface area contributed by atoms with Crippen molar-refractivity contribution in [2.45, 2.75) is 20.4 Å². The normalized spacial score (nSPS) is 10.7. The second-order valence-electron chi connectivity index (χ2n) is 3.84. The van der Waals surface area contributed by atoms with Crippen LogP contribution in [0.2, 0.25) is 0 Å². The maximum Gasteiger partial charge on any atom is 0.340 e. The molecular formula is C12H16N3O2+. The molecule has 0 radical (unpaired) electrons. The van der Waals surface area contributed by atoms with Crippen molar-refractivity contribution >= 4 is 17.4 Å². The van der Waals surface area contributed by atoms with E-state index in [0.717, 1.165) is 11.3 Å². The number of anilines is 1. The number of pyridine rings is 1. The van der Waals surface area contributed by atoms with E-state index in [0.29, 0.717) is 12.4 Å². The van der Waals surface area contributed by atoms with Crippen LogP contribution in [0.4, 0.5) is 5.82 Å². The Morgan fingerprint density at radius 1 is 1.53 bits per heavy atom. The van der Waals surface area contributed by atoms with Crippen molar-refractivity contribution in [3.8, 4) is 0 Å². The van der Waals surface area contributed by atoms with E-state index in [1.807, 2.05) is 40.3 Å². The summed E-state index contributed by atoms with van der Waals surface area (Å²) in [4.78, 5) is 11.5. The highest BCUT2D eigenvalue weighted by Gasteiger charge is 2.16. The summed E-state index contributed by atoms with van der Waals surface area (Å²) in [5, 5.41) is 0. The first-order chi connectivity index (χ1) is 8.13. The molecule has 0 aliphatic rings. The number of rotatable bonds is 3. The van der Waals surface area contributed by atoms with Gasteiger partial charge in [-0.1, -0.05) is 0 Å². The zero-order valence-corrected chi connectivity index (χ0v) is 10.0. The van der Waals surface area contributed by atoms with Crippen molar-refractivity contribution in [2.75, 3.05) is 12.3 Å². The lowest BCUT2D eigenvalue weighted by Crippen LogP contribution is -2.25. The van der Waals surface area contributed by atoms with Crippen LogP contribution in [0.25, 0.3) is 5.65 Å². The van der Waals surface area contributed by atoms with Gasteiger partial charge < -0.3 is 10.5 Å². The molecule has 0 atom stereocenters. The standard InChI is InChI=1S/C12H15N3O2/c1-3-17-12(16)8-14-9(2)7-15-10(13)5-4-6-11(14)15/h4-7,13H,3,8H2,1-2H3/p+1. The summed E-state index contributed by atoms with van der Waals surface area (Å²) >= 11 is 0. The quantitative estimate of drug-likeness (QED) is 0.627. The topological polar surface area (TPSA) is 61.3 Å². The fraction of sp³-hybridized carbons (Fsp3) is 0.333. The van der Waals surface area contributed by atoms with Gasteiger partial charge in [-0.2, -0.15) is 0 Å². The first-order valence-electron chi connectivity index (χ1n) is 5.55. The SMILES string of the molecule is CCOC(=O)Cn1c(C)c[n+]2c(N)cccc12. The number of imidazole rings is 1. The van der Waals surface area contributed by atoms with Crippen LogP contribution in [0.3, 0.4) is 0 Å². The predicted molar refractivity (Wildman–Crippen MR) is 63.4 cm³/mol. The average molecular weight is 234 g/mol. The van der Waals surface area contributed by atoms with Crippen molar-refractivity contribution in [1.82, 2.24) is 4.57 Å². The molecule has 2 rings (SSSR count). The first kappa shape index (κ1) is 11.4. The molecule has 0 unspecified atom stereocenters. The molecule has 2 N–H and O–H groups in total. The second-order valence-corrected chi connectivity index (χ2v) is 3.84. The molecule has 0 aliphatic carbocycles. The summed E-state index contributed by atoms with van der Waals surface area (Å²) in [5.41, 5.74) is 7.71. The molecule has 5 heteroatoms. The third-order valence-electron chi connectivity index (χ3n) is 2.65.